The van der Waals surface area contributed by atoms with Gasteiger partial charge in [0.2, 0.25) is 5.91 Å². The number of anilines is 3. The zero-order chi connectivity index (χ0) is 26.6. The number of carbonyl (C=O) groups excluding carboxylic acids is 2. The summed E-state index contributed by atoms with van der Waals surface area (Å²) < 4.78 is 41.7. The van der Waals surface area contributed by atoms with Crippen molar-refractivity contribution in [2.24, 2.45) is 0 Å². The average Bonchev–Trinajstić information content (AvgIpc) is 3.39. The van der Waals surface area contributed by atoms with Crippen LogP contribution in [0.3, 0.4) is 0 Å². The van der Waals surface area contributed by atoms with E-state index >= 15 is 0 Å². The minimum absolute atomic E-state index is 0.171. The van der Waals surface area contributed by atoms with Crippen molar-refractivity contribution in [1.29, 1.82) is 0 Å². The summed E-state index contributed by atoms with van der Waals surface area (Å²) in [5.41, 5.74) is -0.0725. The van der Waals surface area contributed by atoms with Gasteiger partial charge in [0.05, 0.1) is 29.0 Å². The monoisotopic (exact) mass is 512 g/mol. The number of rotatable bonds is 7. The minimum atomic E-state index is -4.75. The fourth-order valence-corrected chi connectivity index (χ4v) is 4.21. The highest BCUT2D eigenvalue weighted by atomic mass is 19.4. The van der Waals surface area contributed by atoms with Crippen molar-refractivity contribution in [2.75, 3.05) is 28.6 Å². The van der Waals surface area contributed by atoms with Gasteiger partial charge >= 0.3 is 12.3 Å². The Kier molecular flexibility index (Phi) is 7.42. The molecule has 37 heavy (non-hydrogen) atoms. The molecule has 1 aliphatic rings. The minimum Gasteiger partial charge on any atom is -0.465 e. The first-order valence-corrected chi connectivity index (χ1v) is 11.5. The van der Waals surface area contributed by atoms with Crippen molar-refractivity contribution in [1.82, 2.24) is 4.98 Å². The lowest BCUT2D eigenvalue weighted by Crippen LogP contribution is -2.24. The van der Waals surface area contributed by atoms with Crippen LogP contribution >= 0.6 is 0 Å². The Labute approximate surface area is 210 Å². The summed E-state index contributed by atoms with van der Waals surface area (Å²) in [4.78, 5) is 42.3. The Morgan fingerprint density at radius 1 is 0.946 bits per heavy atom. The normalized spacial score (nSPS) is 13.3. The van der Waals surface area contributed by atoms with E-state index in [0.717, 1.165) is 11.6 Å². The topological polar surface area (TPSA) is 112 Å². The number of aromatic nitrogens is 1. The third-order valence-corrected chi connectivity index (χ3v) is 5.90. The maximum atomic E-state index is 13.9. The Hall–Kier alpha value is -4.41. The van der Waals surface area contributed by atoms with E-state index in [4.69, 9.17) is 0 Å². The number of hydrogen-bond donors (Lipinski definition) is 3. The molecule has 2 amide bonds. The molecule has 192 valence electrons. The van der Waals surface area contributed by atoms with Crippen LogP contribution in [0.15, 0.2) is 60.9 Å². The zero-order valence-electron chi connectivity index (χ0n) is 19.5. The lowest BCUT2D eigenvalue weighted by atomic mass is 10.0. The first-order chi connectivity index (χ1) is 17.6. The van der Waals surface area contributed by atoms with Gasteiger partial charge in [0.15, 0.2) is 5.78 Å². The Balaban J connectivity index is 1.58. The van der Waals surface area contributed by atoms with Crippen LogP contribution in [-0.2, 0) is 11.0 Å². The summed E-state index contributed by atoms with van der Waals surface area (Å²) in [7, 11) is 0. The van der Waals surface area contributed by atoms with Crippen molar-refractivity contribution in [3.05, 3.63) is 72.1 Å². The number of carbonyl (C=O) groups is 3. The molecule has 1 saturated heterocycles. The molecule has 0 aliphatic carbocycles. The number of benzene rings is 2. The molecular formula is C26H23F3N4O4. The van der Waals surface area contributed by atoms with Gasteiger partial charge in [-0.3, -0.25) is 19.9 Å². The number of hydrogen-bond acceptors (Lipinski definition) is 5. The van der Waals surface area contributed by atoms with Gasteiger partial charge in [-0.2, -0.15) is 13.2 Å². The number of carboxylic acid groups (broad SMARTS) is 1. The molecular weight excluding hydrogens is 489 g/mol. The molecule has 2 heterocycles. The van der Waals surface area contributed by atoms with Crippen molar-refractivity contribution in [2.45, 2.75) is 25.4 Å². The fraction of sp³-hybridized carbons (Fsp3) is 0.231. The van der Waals surface area contributed by atoms with E-state index in [2.05, 4.69) is 10.3 Å². The molecule has 0 saturated carbocycles. The van der Waals surface area contributed by atoms with E-state index in [-0.39, 0.29) is 22.6 Å². The van der Waals surface area contributed by atoms with Gasteiger partial charge in [-0.25, -0.2) is 4.79 Å². The van der Waals surface area contributed by atoms with Crippen LogP contribution in [0.5, 0.6) is 0 Å². The number of nitrogens with one attached hydrogen (secondary N) is 2. The van der Waals surface area contributed by atoms with Gasteiger partial charge in [-0.1, -0.05) is 24.3 Å². The maximum Gasteiger partial charge on any atom is 0.418 e. The Morgan fingerprint density at radius 3 is 2.30 bits per heavy atom. The molecule has 0 spiro atoms. The van der Waals surface area contributed by atoms with Crippen molar-refractivity contribution in [3.63, 3.8) is 0 Å². The molecule has 3 aromatic rings. The molecule has 0 radical (unpaired) electrons. The summed E-state index contributed by atoms with van der Waals surface area (Å²) in [6.07, 6.45) is -2.26. The molecule has 2 aromatic carbocycles. The first kappa shape index (κ1) is 25.7. The van der Waals surface area contributed by atoms with E-state index < -0.39 is 35.9 Å². The lowest BCUT2D eigenvalue weighted by molar-refractivity contribution is -0.137. The quantitative estimate of drug-likeness (QED) is 0.278. The molecule has 11 heteroatoms. The molecule has 3 N–H and O–H groups in total. The average molecular weight is 512 g/mol. The van der Waals surface area contributed by atoms with Crippen LogP contribution < -0.4 is 15.5 Å². The Bertz CT molecular complexity index is 1320. The number of pyridine rings is 1. The van der Waals surface area contributed by atoms with Crippen molar-refractivity contribution >= 4 is 34.8 Å². The van der Waals surface area contributed by atoms with Gasteiger partial charge in [0.25, 0.3) is 0 Å². The van der Waals surface area contributed by atoms with Gasteiger partial charge in [0.1, 0.15) is 0 Å². The summed E-state index contributed by atoms with van der Waals surface area (Å²) in [6.45, 7) is 0.793. The fourth-order valence-electron chi connectivity index (χ4n) is 4.21. The second-order valence-corrected chi connectivity index (χ2v) is 8.51. The van der Waals surface area contributed by atoms with Crippen LogP contribution in [0.4, 0.5) is 35.0 Å². The van der Waals surface area contributed by atoms with Gasteiger partial charge in [0, 0.05) is 36.6 Å². The highest BCUT2D eigenvalue weighted by Gasteiger charge is 2.37. The lowest BCUT2D eigenvalue weighted by Gasteiger charge is -2.25. The predicted molar refractivity (Wildman–Crippen MR) is 132 cm³/mol. The number of Topliss-reactive ketones (excluding diaryl/α,β-unsaturated/α-hetero) is 1. The molecule has 0 unspecified atom stereocenters. The highest BCUT2D eigenvalue weighted by molar-refractivity contribution is 6.12. The summed E-state index contributed by atoms with van der Waals surface area (Å²) in [5, 5.41) is 13.5. The van der Waals surface area contributed by atoms with Crippen LogP contribution in [0.1, 0.15) is 35.2 Å². The van der Waals surface area contributed by atoms with E-state index in [1.165, 1.54) is 11.0 Å². The van der Waals surface area contributed by atoms with E-state index in [1.54, 1.807) is 36.7 Å². The molecule has 8 nitrogen and oxygen atoms in total. The van der Waals surface area contributed by atoms with E-state index in [1.807, 2.05) is 11.4 Å². The largest absolute Gasteiger partial charge is 0.465 e. The second-order valence-electron chi connectivity index (χ2n) is 8.51. The predicted octanol–water partition coefficient (Wildman–Crippen LogP) is 5.67. The zero-order valence-corrected chi connectivity index (χ0v) is 19.5. The number of alkyl halides is 3. The number of halogens is 3. The number of amides is 2. The van der Waals surface area contributed by atoms with E-state index in [9.17, 15) is 32.7 Å². The number of nitrogens with zero attached hydrogens (tertiary/aromatic N) is 2. The van der Waals surface area contributed by atoms with Crippen LogP contribution in [0, 0.1) is 0 Å². The van der Waals surface area contributed by atoms with E-state index in [0.29, 0.717) is 37.6 Å². The van der Waals surface area contributed by atoms with Crippen LogP contribution in [0.25, 0.3) is 11.1 Å². The van der Waals surface area contributed by atoms with Crippen LogP contribution in [0.2, 0.25) is 0 Å². The molecule has 0 atom stereocenters. The second kappa shape index (κ2) is 10.7. The van der Waals surface area contributed by atoms with Crippen molar-refractivity contribution in [3.8, 4) is 11.1 Å². The summed E-state index contributed by atoms with van der Waals surface area (Å²) in [6, 6.07) is 11.9. The first-order valence-electron chi connectivity index (χ1n) is 11.5. The smallest absolute Gasteiger partial charge is 0.418 e. The van der Waals surface area contributed by atoms with Gasteiger partial charge < -0.3 is 15.3 Å². The SMILES string of the molecule is O=C(O)Nc1cc(N2CCCC2)c(C(F)(F)F)cc1NC(=O)CC(=O)c1cccc(-c2cccnc2)c1. The summed E-state index contributed by atoms with van der Waals surface area (Å²) >= 11 is 0. The molecule has 1 aromatic heterocycles. The van der Waals surface area contributed by atoms with Crippen molar-refractivity contribution < 1.29 is 32.7 Å². The van der Waals surface area contributed by atoms with Gasteiger partial charge in [-0.05, 0) is 42.7 Å². The standard InChI is InChI=1S/C26H23F3N4O4/c27-26(28,29)19-12-20(21(32-25(36)37)13-22(19)33-9-1-2-10-33)31-24(35)14-23(34)17-6-3-5-16(11-17)18-7-4-8-30-15-18/h3-8,11-13,15,32H,1-2,9-10,14H2,(H,31,35)(H,36,37). The summed E-state index contributed by atoms with van der Waals surface area (Å²) in [5.74, 6) is -1.44. The molecule has 4 rings (SSSR count). The molecule has 0 bridgehead atoms. The third kappa shape index (κ3) is 6.24. The van der Waals surface area contributed by atoms with Crippen LogP contribution in [-0.4, -0.2) is 41.0 Å². The Morgan fingerprint density at radius 2 is 1.65 bits per heavy atom. The third-order valence-electron chi connectivity index (χ3n) is 5.90. The maximum absolute atomic E-state index is 13.9. The molecule has 1 fully saturated rings. The molecule has 1 aliphatic heterocycles. The number of ketones is 1. The highest BCUT2D eigenvalue weighted by Crippen LogP contribution is 2.42. The van der Waals surface area contributed by atoms with Gasteiger partial charge in [-0.15, -0.1) is 0 Å².